The van der Waals surface area contributed by atoms with Crippen LogP contribution in [-0.4, -0.2) is 78.1 Å². The summed E-state index contributed by atoms with van der Waals surface area (Å²) in [5.74, 6) is 2.47. The van der Waals surface area contributed by atoms with Crippen molar-refractivity contribution in [3.63, 3.8) is 0 Å². The highest BCUT2D eigenvalue weighted by Gasteiger charge is 2.54. The van der Waals surface area contributed by atoms with Crippen LogP contribution >= 0.6 is 0 Å². The number of hydrogen-bond donors (Lipinski definition) is 1. The quantitative estimate of drug-likeness (QED) is 0.0634. The molecule has 0 saturated carbocycles. The molecule has 0 spiro atoms. The van der Waals surface area contributed by atoms with Crippen LogP contribution in [0.3, 0.4) is 0 Å². The molecule has 15 heteroatoms. The van der Waals surface area contributed by atoms with Gasteiger partial charge in [0.15, 0.2) is 5.72 Å². The SMILES string of the molecule is COc1ccc(C(OC[C@H]2O[C@@](COC(c3ccccc3)(c3ccc(OC)cc3)c3ccc(OC)cc3)(n3ccc(=O)[nH]c3=O)C[C@@H]2OS(C)(=O)=O)(c2ccccc2)c2ccc(OC)cc2)cc1. The van der Waals surface area contributed by atoms with Gasteiger partial charge in [0, 0.05) is 18.7 Å². The van der Waals surface area contributed by atoms with Crippen LogP contribution in [-0.2, 0) is 45.4 Å². The number of ether oxygens (including phenoxy) is 7. The number of rotatable bonds is 19. The number of nitrogens with zero attached hydrogens (tertiary/aromatic N) is 1. The molecule has 7 aromatic rings. The second-order valence-electron chi connectivity index (χ2n) is 16.2. The molecule has 2 heterocycles. The lowest BCUT2D eigenvalue weighted by Gasteiger charge is -2.40. The van der Waals surface area contributed by atoms with Crippen LogP contribution in [0.1, 0.15) is 39.8 Å². The third-order valence-electron chi connectivity index (χ3n) is 12.2. The second kappa shape index (κ2) is 20.1. The van der Waals surface area contributed by atoms with Crippen LogP contribution in [0.15, 0.2) is 180 Å². The summed E-state index contributed by atoms with van der Waals surface area (Å²) < 4.78 is 77.5. The molecule has 68 heavy (non-hydrogen) atoms. The van der Waals surface area contributed by atoms with E-state index >= 15 is 0 Å². The average Bonchev–Trinajstić information content (AvgIpc) is 3.71. The van der Waals surface area contributed by atoms with Gasteiger partial charge in [0.2, 0.25) is 0 Å². The van der Waals surface area contributed by atoms with E-state index in [-0.39, 0.29) is 13.0 Å². The Morgan fingerprint density at radius 3 is 1.32 bits per heavy atom. The van der Waals surface area contributed by atoms with Crippen molar-refractivity contribution in [2.24, 2.45) is 0 Å². The van der Waals surface area contributed by atoms with Crippen LogP contribution in [0.5, 0.6) is 23.0 Å². The van der Waals surface area contributed by atoms with Crippen molar-refractivity contribution in [1.29, 1.82) is 0 Å². The summed E-state index contributed by atoms with van der Waals surface area (Å²) in [7, 11) is 2.15. The number of benzene rings is 6. The second-order valence-corrected chi connectivity index (χ2v) is 17.8. The third kappa shape index (κ3) is 9.57. The lowest BCUT2D eigenvalue weighted by molar-refractivity contribution is -0.182. The zero-order valence-corrected chi connectivity index (χ0v) is 39.0. The first-order valence-electron chi connectivity index (χ1n) is 21.7. The highest BCUT2D eigenvalue weighted by atomic mass is 32.2. The van der Waals surface area contributed by atoms with Crippen LogP contribution in [0.25, 0.3) is 0 Å². The van der Waals surface area contributed by atoms with Gasteiger partial charge in [0.1, 0.15) is 46.4 Å². The Kier molecular flexibility index (Phi) is 14.0. The molecule has 0 amide bonds. The topological polar surface area (TPSA) is 163 Å². The molecular weight excluding hydrogens is 889 g/mol. The Morgan fingerprint density at radius 1 is 0.574 bits per heavy atom. The maximum absolute atomic E-state index is 14.1. The molecule has 1 saturated heterocycles. The lowest BCUT2D eigenvalue weighted by Crippen LogP contribution is -2.49. The van der Waals surface area contributed by atoms with Gasteiger partial charge in [0.05, 0.1) is 47.9 Å². The molecule has 6 aromatic carbocycles. The molecule has 3 atom stereocenters. The van der Waals surface area contributed by atoms with Crippen LogP contribution in [0.2, 0.25) is 0 Å². The smallest absolute Gasteiger partial charge is 0.330 e. The van der Waals surface area contributed by atoms with E-state index in [4.69, 9.17) is 37.3 Å². The minimum Gasteiger partial charge on any atom is -0.497 e. The fraction of sp³-hybridized carbons (Fsp3) is 0.245. The van der Waals surface area contributed by atoms with Crippen molar-refractivity contribution < 1.29 is 45.8 Å². The Bertz CT molecular complexity index is 2910. The summed E-state index contributed by atoms with van der Waals surface area (Å²) in [4.78, 5) is 29.1. The Labute approximate surface area is 394 Å². The van der Waals surface area contributed by atoms with Gasteiger partial charge < -0.3 is 33.2 Å². The minimum absolute atomic E-state index is 0.250. The number of methoxy groups -OCH3 is 4. The predicted octanol–water partition coefficient (Wildman–Crippen LogP) is 7.37. The van der Waals surface area contributed by atoms with Crippen molar-refractivity contribution in [2.45, 2.75) is 35.6 Å². The number of aromatic amines is 1. The first-order valence-corrected chi connectivity index (χ1v) is 23.5. The van der Waals surface area contributed by atoms with E-state index in [1.165, 1.54) is 16.8 Å². The van der Waals surface area contributed by atoms with Gasteiger partial charge in [-0.25, -0.2) is 4.79 Å². The van der Waals surface area contributed by atoms with Gasteiger partial charge in [-0.1, -0.05) is 109 Å². The van der Waals surface area contributed by atoms with Gasteiger partial charge in [-0.2, -0.15) is 8.42 Å². The lowest BCUT2D eigenvalue weighted by atomic mass is 9.80. The number of H-pyrrole nitrogens is 1. The third-order valence-corrected chi connectivity index (χ3v) is 12.8. The molecule has 352 valence electrons. The number of aromatic nitrogens is 2. The van der Waals surface area contributed by atoms with Gasteiger partial charge >= 0.3 is 5.69 Å². The van der Waals surface area contributed by atoms with Gasteiger partial charge in [0.25, 0.3) is 15.7 Å². The molecule has 1 aliphatic rings. The van der Waals surface area contributed by atoms with Crippen LogP contribution in [0.4, 0.5) is 0 Å². The highest BCUT2D eigenvalue weighted by molar-refractivity contribution is 7.86. The van der Waals surface area contributed by atoms with Gasteiger partial charge in [-0.05, 0) is 81.9 Å². The molecule has 0 unspecified atom stereocenters. The molecule has 14 nitrogen and oxygen atoms in total. The zero-order valence-electron chi connectivity index (χ0n) is 38.2. The molecule has 0 bridgehead atoms. The maximum Gasteiger partial charge on any atom is 0.330 e. The number of hydrogen-bond acceptors (Lipinski definition) is 12. The molecular formula is C53H52N2O12S. The van der Waals surface area contributed by atoms with Crippen LogP contribution in [0, 0.1) is 0 Å². The van der Waals surface area contributed by atoms with E-state index in [0.29, 0.717) is 50.8 Å². The molecule has 0 aliphatic carbocycles. The highest BCUT2D eigenvalue weighted by Crippen LogP contribution is 2.47. The molecule has 1 fully saturated rings. The molecule has 1 N–H and O–H groups in total. The van der Waals surface area contributed by atoms with Crippen molar-refractivity contribution in [2.75, 3.05) is 47.9 Å². The molecule has 1 aliphatic heterocycles. The Hall–Kier alpha value is -7.01. The zero-order chi connectivity index (χ0) is 47.9. The first kappa shape index (κ1) is 47.5. The monoisotopic (exact) mass is 940 g/mol. The van der Waals surface area contributed by atoms with Crippen molar-refractivity contribution in [1.82, 2.24) is 9.55 Å². The van der Waals surface area contributed by atoms with Crippen LogP contribution < -0.4 is 30.2 Å². The van der Waals surface area contributed by atoms with E-state index < -0.39 is 57.1 Å². The predicted molar refractivity (Wildman–Crippen MR) is 255 cm³/mol. The summed E-state index contributed by atoms with van der Waals surface area (Å²) >= 11 is 0. The average molecular weight is 941 g/mol. The van der Waals surface area contributed by atoms with E-state index in [9.17, 15) is 18.0 Å². The molecule has 1 aromatic heterocycles. The first-order chi connectivity index (χ1) is 32.9. The fourth-order valence-electron chi connectivity index (χ4n) is 8.95. The van der Waals surface area contributed by atoms with E-state index in [0.717, 1.165) is 11.8 Å². The van der Waals surface area contributed by atoms with Gasteiger partial charge in [-0.3, -0.25) is 18.5 Å². The fourth-order valence-corrected chi connectivity index (χ4v) is 9.59. The summed E-state index contributed by atoms with van der Waals surface area (Å²) in [5, 5.41) is 0. The largest absolute Gasteiger partial charge is 0.497 e. The Morgan fingerprint density at radius 2 is 0.956 bits per heavy atom. The van der Waals surface area contributed by atoms with E-state index in [1.54, 1.807) is 28.4 Å². The molecule has 8 rings (SSSR count). The summed E-state index contributed by atoms with van der Waals surface area (Å²) in [5.41, 5.74) is -1.80. The summed E-state index contributed by atoms with van der Waals surface area (Å²) in [6, 6.07) is 50.0. The van der Waals surface area contributed by atoms with E-state index in [2.05, 4.69) is 4.98 Å². The van der Waals surface area contributed by atoms with Crippen molar-refractivity contribution in [3.8, 4) is 23.0 Å². The Balaban J connectivity index is 1.29. The maximum atomic E-state index is 14.1. The minimum atomic E-state index is -4.17. The normalized spacial score (nSPS) is 17.4. The van der Waals surface area contributed by atoms with E-state index in [1.807, 2.05) is 158 Å². The molecule has 0 radical (unpaired) electrons. The summed E-state index contributed by atoms with van der Waals surface area (Å²) in [6.07, 6.45) is -0.427. The van der Waals surface area contributed by atoms with Gasteiger partial charge in [-0.15, -0.1) is 0 Å². The number of nitrogens with one attached hydrogen (secondary N) is 1. The van der Waals surface area contributed by atoms with Crippen molar-refractivity contribution in [3.05, 3.63) is 224 Å². The standard InChI is InChI=1S/C53H52N2O12S/c1-60-43-24-16-39(17-25-43)52(37-12-8-6-9-13-37,40-18-26-44(61-2)27-19-40)64-35-48-47(67-68(5,58)59)34-51(66-48,55-33-32-49(56)54-50(55)57)36-65-53(38-14-10-7-11-15-38,41-20-28-45(62-3)29-21-41)42-22-30-46(63-4)31-23-42/h6-33,47-48H,34-36H2,1-5H3,(H,54,56,57)/t47-,48+,51-/m0/s1. The summed E-state index contributed by atoms with van der Waals surface area (Å²) in [6.45, 7) is -0.680. The van der Waals surface area contributed by atoms with Crippen molar-refractivity contribution >= 4 is 10.1 Å².